The standard InChI is InChI=1S/C21H29N3O6S/c1-15-8-10-17(11-9-15)12-13-31(28,29)22-14-19(25)30-16(2)20(26)24-21(27)23-18-6-4-3-5-7-18/h8-13,16,18,22H,3-7,14H2,1-2H3,(H2,23,24,26,27)/b13-12+. The molecule has 31 heavy (non-hydrogen) atoms. The fraction of sp³-hybridized carbons (Fsp3) is 0.476. The molecule has 1 aromatic rings. The van der Waals surface area contributed by atoms with Gasteiger partial charge >= 0.3 is 12.0 Å². The topological polar surface area (TPSA) is 131 Å². The Kier molecular flexibility index (Phi) is 9.20. The van der Waals surface area contributed by atoms with E-state index in [1.54, 1.807) is 12.1 Å². The number of amides is 3. The highest BCUT2D eigenvalue weighted by atomic mass is 32.2. The summed E-state index contributed by atoms with van der Waals surface area (Å²) in [6.07, 6.45) is 5.07. The molecule has 170 valence electrons. The Morgan fingerprint density at radius 2 is 1.77 bits per heavy atom. The summed E-state index contributed by atoms with van der Waals surface area (Å²) in [6, 6.07) is 6.61. The maximum absolute atomic E-state index is 12.0. The van der Waals surface area contributed by atoms with Gasteiger partial charge in [0.15, 0.2) is 6.10 Å². The predicted molar refractivity (Wildman–Crippen MR) is 116 cm³/mol. The maximum atomic E-state index is 12.0. The first-order valence-electron chi connectivity index (χ1n) is 10.2. The van der Waals surface area contributed by atoms with Crippen LogP contribution < -0.4 is 15.4 Å². The molecule has 1 aliphatic carbocycles. The second kappa shape index (κ2) is 11.6. The predicted octanol–water partition coefficient (Wildman–Crippen LogP) is 1.98. The number of hydrogen-bond acceptors (Lipinski definition) is 6. The van der Waals surface area contributed by atoms with E-state index in [1.165, 1.54) is 13.0 Å². The number of carbonyl (C=O) groups excluding carboxylic acids is 3. The highest BCUT2D eigenvalue weighted by Crippen LogP contribution is 2.17. The van der Waals surface area contributed by atoms with E-state index in [0.29, 0.717) is 5.56 Å². The molecule has 10 heteroatoms. The van der Waals surface area contributed by atoms with Crippen LogP contribution in [0.2, 0.25) is 0 Å². The monoisotopic (exact) mass is 451 g/mol. The van der Waals surface area contributed by atoms with Crippen LogP contribution in [-0.4, -0.2) is 45.0 Å². The van der Waals surface area contributed by atoms with Gasteiger partial charge < -0.3 is 10.1 Å². The third-order valence-corrected chi connectivity index (χ3v) is 5.83. The molecule has 0 radical (unpaired) electrons. The fourth-order valence-electron chi connectivity index (χ4n) is 3.03. The number of esters is 1. The van der Waals surface area contributed by atoms with Crippen molar-refractivity contribution in [3.63, 3.8) is 0 Å². The van der Waals surface area contributed by atoms with Gasteiger partial charge in [-0.15, -0.1) is 0 Å². The zero-order chi connectivity index (χ0) is 22.9. The van der Waals surface area contributed by atoms with Crippen LogP contribution >= 0.6 is 0 Å². The number of rotatable bonds is 8. The highest BCUT2D eigenvalue weighted by molar-refractivity contribution is 7.92. The molecule has 0 aliphatic heterocycles. The van der Waals surface area contributed by atoms with Crippen LogP contribution in [0.4, 0.5) is 4.79 Å². The number of carbonyl (C=O) groups is 3. The van der Waals surface area contributed by atoms with Gasteiger partial charge in [0.1, 0.15) is 6.54 Å². The zero-order valence-corrected chi connectivity index (χ0v) is 18.5. The lowest BCUT2D eigenvalue weighted by Gasteiger charge is -2.23. The summed E-state index contributed by atoms with van der Waals surface area (Å²) in [7, 11) is -3.87. The molecular weight excluding hydrogens is 422 g/mol. The largest absolute Gasteiger partial charge is 0.452 e. The molecular formula is C21H29N3O6S. The lowest BCUT2D eigenvalue weighted by molar-refractivity contribution is -0.153. The van der Waals surface area contributed by atoms with E-state index < -0.39 is 40.6 Å². The molecule has 0 spiro atoms. The van der Waals surface area contributed by atoms with Gasteiger partial charge in [-0.1, -0.05) is 49.1 Å². The molecule has 1 aliphatic rings. The van der Waals surface area contributed by atoms with Gasteiger partial charge in [0.05, 0.1) is 0 Å². The molecule has 1 unspecified atom stereocenters. The Bertz CT molecular complexity index is 906. The molecule has 1 fully saturated rings. The van der Waals surface area contributed by atoms with Gasteiger partial charge in [0, 0.05) is 11.4 Å². The summed E-state index contributed by atoms with van der Waals surface area (Å²) in [4.78, 5) is 35.8. The van der Waals surface area contributed by atoms with E-state index in [0.717, 1.165) is 43.1 Å². The quantitative estimate of drug-likeness (QED) is 0.518. The number of aryl methyl sites for hydroxylation is 1. The first-order chi connectivity index (χ1) is 14.6. The van der Waals surface area contributed by atoms with Crippen LogP contribution in [-0.2, 0) is 24.3 Å². The Balaban J connectivity index is 1.74. The van der Waals surface area contributed by atoms with Crippen LogP contribution in [0.15, 0.2) is 29.7 Å². The first-order valence-corrected chi connectivity index (χ1v) is 11.7. The van der Waals surface area contributed by atoms with Crippen LogP contribution in [0.25, 0.3) is 6.08 Å². The summed E-state index contributed by atoms with van der Waals surface area (Å²) in [5.41, 5.74) is 1.74. The van der Waals surface area contributed by atoms with E-state index in [9.17, 15) is 22.8 Å². The SMILES string of the molecule is Cc1ccc(/C=C/S(=O)(=O)NCC(=O)OC(C)C(=O)NC(=O)NC2CCCCC2)cc1. The third kappa shape index (κ3) is 9.31. The number of nitrogens with one attached hydrogen (secondary N) is 3. The first kappa shape index (κ1) is 24.5. The van der Waals surface area contributed by atoms with Crippen molar-refractivity contribution in [3.05, 3.63) is 40.8 Å². The Labute approximate surface area is 182 Å². The average molecular weight is 452 g/mol. The molecule has 0 bridgehead atoms. The molecule has 1 saturated carbocycles. The molecule has 2 rings (SSSR count). The molecule has 1 aromatic carbocycles. The van der Waals surface area contributed by atoms with Gasteiger partial charge in [-0.2, -0.15) is 0 Å². The summed E-state index contributed by atoms with van der Waals surface area (Å²) >= 11 is 0. The van der Waals surface area contributed by atoms with Crippen LogP contribution in [0, 0.1) is 6.92 Å². The van der Waals surface area contributed by atoms with Crippen molar-refractivity contribution in [3.8, 4) is 0 Å². The average Bonchev–Trinajstić information content (AvgIpc) is 2.72. The van der Waals surface area contributed by atoms with Crippen molar-refractivity contribution < 1.29 is 27.5 Å². The van der Waals surface area contributed by atoms with E-state index in [1.807, 2.05) is 19.1 Å². The Morgan fingerprint density at radius 3 is 2.42 bits per heavy atom. The maximum Gasteiger partial charge on any atom is 0.321 e. The summed E-state index contributed by atoms with van der Waals surface area (Å²) in [5.74, 6) is -1.73. The van der Waals surface area contributed by atoms with Crippen LogP contribution in [0.3, 0.4) is 0 Å². The van der Waals surface area contributed by atoms with E-state index >= 15 is 0 Å². The van der Waals surface area contributed by atoms with E-state index in [-0.39, 0.29) is 6.04 Å². The second-order valence-electron chi connectivity index (χ2n) is 7.51. The number of ether oxygens (including phenoxy) is 1. The molecule has 0 heterocycles. The van der Waals surface area contributed by atoms with Gasteiger partial charge in [0.2, 0.25) is 10.0 Å². The van der Waals surface area contributed by atoms with E-state index in [4.69, 9.17) is 4.74 Å². The minimum atomic E-state index is -3.87. The van der Waals surface area contributed by atoms with Crippen molar-refractivity contribution in [2.75, 3.05) is 6.54 Å². The number of benzene rings is 1. The lowest BCUT2D eigenvalue weighted by Crippen LogP contribution is -2.48. The van der Waals surface area contributed by atoms with E-state index in [2.05, 4.69) is 15.4 Å². The second-order valence-corrected chi connectivity index (χ2v) is 9.16. The molecule has 1 atom stereocenters. The number of urea groups is 1. The molecule has 3 amide bonds. The Hall–Kier alpha value is -2.72. The van der Waals surface area contributed by atoms with Gasteiger partial charge in [-0.05, 0) is 38.3 Å². The van der Waals surface area contributed by atoms with Crippen molar-refractivity contribution in [2.45, 2.75) is 58.1 Å². The lowest BCUT2D eigenvalue weighted by atomic mass is 9.96. The number of hydrogen-bond donors (Lipinski definition) is 3. The number of imide groups is 1. The molecule has 3 N–H and O–H groups in total. The van der Waals surface area contributed by atoms with Crippen molar-refractivity contribution in [1.82, 2.24) is 15.4 Å². The smallest absolute Gasteiger partial charge is 0.321 e. The van der Waals surface area contributed by atoms with Crippen molar-refractivity contribution >= 4 is 34.0 Å². The molecule has 0 saturated heterocycles. The molecule has 0 aromatic heterocycles. The van der Waals surface area contributed by atoms with Crippen molar-refractivity contribution in [1.29, 1.82) is 0 Å². The minimum Gasteiger partial charge on any atom is -0.452 e. The van der Waals surface area contributed by atoms with Gasteiger partial charge in [0.25, 0.3) is 5.91 Å². The van der Waals surface area contributed by atoms with Gasteiger partial charge in [-0.3, -0.25) is 14.9 Å². The normalized spacial score (nSPS) is 15.9. The Morgan fingerprint density at radius 1 is 1.13 bits per heavy atom. The summed E-state index contributed by atoms with van der Waals surface area (Å²) in [6.45, 7) is 2.57. The zero-order valence-electron chi connectivity index (χ0n) is 17.7. The summed E-state index contributed by atoms with van der Waals surface area (Å²) < 4.78 is 31.0. The highest BCUT2D eigenvalue weighted by Gasteiger charge is 2.22. The minimum absolute atomic E-state index is 0.0294. The van der Waals surface area contributed by atoms with Crippen molar-refractivity contribution in [2.24, 2.45) is 0 Å². The number of sulfonamides is 1. The van der Waals surface area contributed by atoms with Crippen LogP contribution in [0.5, 0.6) is 0 Å². The fourth-order valence-corrected chi connectivity index (χ4v) is 3.78. The van der Waals surface area contributed by atoms with Gasteiger partial charge in [-0.25, -0.2) is 17.9 Å². The molecule has 9 nitrogen and oxygen atoms in total. The van der Waals surface area contributed by atoms with Crippen LogP contribution in [0.1, 0.15) is 50.2 Å². The summed E-state index contributed by atoms with van der Waals surface area (Å²) in [5, 5.41) is 5.80. The third-order valence-electron chi connectivity index (χ3n) is 4.79.